The van der Waals surface area contributed by atoms with Crippen LogP contribution in [0.1, 0.15) is 33.6 Å². The molecule has 148 valence electrons. The summed E-state index contributed by atoms with van der Waals surface area (Å²) in [7, 11) is 0. The molecule has 2 saturated heterocycles. The highest BCUT2D eigenvalue weighted by molar-refractivity contribution is 6.25. The summed E-state index contributed by atoms with van der Waals surface area (Å²) in [6.45, 7) is 5.38. The Morgan fingerprint density at radius 3 is 2.61 bits per heavy atom. The molecule has 1 unspecified atom stereocenters. The van der Waals surface area contributed by atoms with Crippen LogP contribution in [0.25, 0.3) is 0 Å². The molecule has 0 bridgehead atoms. The Morgan fingerprint density at radius 1 is 1.07 bits per heavy atom. The molecular weight excluding hydrogens is 362 g/mol. The van der Waals surface area contributed by atoms with Crippen LogP contribution < -0.4 is 16.0 Å². The van der Waals surface area contributed by atoms with Crippen LogP contribution in [0.3, 0.4) is 0 Å². The Morgan fingerprint density at radius 2 is 1.86 bits per heavy atom. The summed E-state index contributed by atoms with van der Waals surface area (Å²) in [4.78, 5) is 52.7. The number of anilines is 1. The number of piperidine rings is 1. The normalized spacial score (nSPS) is 23.0. The van der Waals surface area contributed by atoms with Gasteiger partial charge in [-0.2, -0.15) is 0 Å². The van der Waals surface area contributed by atoms with Crippen molar-refractivity contribution in [3.8, 4) is 0 Å². The van der Waals surface area contributed by atoms with E-state index in [2.05, 4.69) is 20.9 Å². The number of hydrogen-bond donors (Lipinski definition) is 3. The molecule has 0 saturated carbocycles. The maximum atomic E-state index is 13.0. The van der Waals surface area contributed by atoms with Gasteiger partial charge in [-0.1, -0.05) is 6.07 Å². The van der Waals surface area contributed by atoms with Crippen LogP contribution in [0, 0.1) is 0 Å². The number of amides is 4. The van der Waals surface area contributed by atoms with E-state index < -0.39 is 23.8 Å². The van der Waals surface area contributed by atoms with Gasteiger partial charge in [0.2, 0.25) is 11.8 Å². The van der Waals surface area contributed by atoms with Crippen molar-refractivity contribution in [3.05, 3.63) is 29.3 Å². The Bertz CT molecular complexity index is 834. The first-order valence-corrected chi connectivity index (χ1v) is 9.58. The number of piperazine rings is 1. The fourth-order valence-electron chi connectivity index (χ4n) is 3.95. The minimum atomic E-state index is -0.946. The second kappa shape index (κ2) is 7.69. The predicted molar refractivity (Wildman–Crippen MR) is 101 cm³/mol. The maximum Gasteiger partial charge on any atom is 0.264 e. The number of imide groups is 2. The van der Waals surface area contributed by atoms with E-state index in [4.69, 9.17) is 0 Å². The number of benzene rings is 1. The first-order chi connectivity index (χ1) is 13.6. The lowest BCUT2D eigenvalue weighted by Gasteiger charge is -2.28. The van der Waals surface area contributed by atoms with Gasteiger partial charge in [-0.25, -0.2) is 0 Å². The summed E-state index contributed by atoms with van der Waals surface area (Å²) in [6.07, 6.45) is 0.265. The fourth-order valence-corrected chi connectivity index (χ4v) is 3.95. The summed E-state index contributed by atoms with van der Waals surface area (Å²) in [5, 5.41) is 8.78. The molecule has 0 aliphatic carbocycles. The first-order valence-electron chi connectivity index (χ1n) is 9.58. The molecule has 3 heterocycles. The van der Waals surface area contributed by atoms with Crippen molar-refractivity contribution in [2.75, 3.05) is 44.6 Å². The number of fused-ring (bicyclic) bond motifs is 1. The van der Waals surface area contributed by atoms with Gasteiger partial charge in [0, 0.05) is 51.4 Å². The highest BCUT2D eigenvalue weighted by Crippen LogP contribution is 2.32. The number of nitrogens with zero attached hydrogens (tertiary/aromatic N) is 2. The molecule has 0 aromatic heterocycles. The van der Waals surface area contributed by atoms with E-state index in [9.17, 15) is 19.2 Å². The molecule has 9 nitrogen and oxygen atoms in total. The highest BCUT2D eigenvalue weighted by atomic mass is 16.2. The molecule has 3 aliphatic heterocycles. The standard InChI is InChI=1S/C19H23N5O4/c25-15-5-4-14(17(26)22-15)24-18(27)12-2-1-3-13(16(12)19(24)28)21-8-11-23-9-6-20-7-10-23/h1-3,14,20-21H,4-11H2,(H,22,25,26). The van der Waals surface area contributed by atoms with E-state index in [1.54, 1.807) is 18.2 Å². The molecule has 28 heavy (non-hydrogen) atoms. The van der Waals surface area contributed by atoms with Crippen LogP contribution in [0.2, 0.25) is 0 Å². The van der Waals surface area contributed by atoms with Gasteiger partial charge in [0.1, 0.15) is 6.04 Å². The number of nitrogens with one attached hydrogen (secondary N) is 3. The first kappa shape index (κ1) is 18.6. The van der Waals surface area contributed by atoms with Crippen molar-refractivity contribution >= 4 is 29.3 Å². The Labute approximate surface area is 162 Å². The minimum absolute atomic E-state index is 0.111. The van der Waals surface area contributed by atoms with Crippen molar-refractivity contribution in [2.24, 2.45) is 0 Å². The molecule has 3 aliphatic rings. The van der Waals surface area contributed by atoms with Crippen LogP contribution in [0.4, 0.5) is 5.69 Å². The molecule has 1 atom stereocenters. The maximum absolute atomic E-state index is 13.0. The van der Waals surface area contributed by atoms with E-state index in [0.717, 1.165) is 37.6 Å². The summed E-state index contributed by atoms with van der Waals surface area (Å²) < 4.78 is 0. The van der Waals surface area contributed by atoms with Gasteiger partial charge < -0.3 is 10.6 Å². The number of carbonyl (C=O) groups excluding carboxylic acids is 4. The van der Waals surface area contributed by atoms with Gasteiger partial charge >= 0.3 is 0 Å². The van der Waals surface area contributed by atoms with Crippen molar-refractivity contribution < 1.29 is 19.2 Å². The van der Waals surface area contributed by atoms with Crippen LogP contribution in [0.15, 0.2) is 18.2 Å². The van der Waals surface area contributed by atoms with Gasteiger partial charge in [0.05, 0.1) is 11.1 Å². The zero-order valence-electron chi connectivity index (χ0n) is 15.5. The van der Waals surface area contributed by atoms with E-state index in [1.807, 2.05) is 0 Å². The lowest BCUT2D eigenvalue weighted by molar-refractivity contribution is -0.136. The SMILES string of the molecule is O=C1CCC(N2C(=O)c3cccc(NCCN4CCNCC4)c3C2=O)C(=O)N1. The number of carbonyl (C=O) groups is 4. The monoisotopic (exact) mass is 385 g/mol. The van der Waals surface area contributed by atoms with Crippen molar-refractivity contribution in [2.45, 2.75) is 18.9 Å². The average Bonchev–Trinajstić information content (AvgIpc) is 2.94. The van der Waals surface area contributed by atoms with E-state index in [1.165, 1.54) is 0 Å². The topological polar surface area (TPSA) is 111 Å². The van der Waals surface area contributed by atoms with Gasteiger partial charge in [0.15, 0.2) is 0 Å². The van der Waals surface area contributed by atoms with Crippen LogP contribution >= 0.6 is 0 Å². The summed E-state index contributed by atoms with van der Waals surface area (Å²) >= 11 is 0. The molecule has 4 amide bonds. The predicted octanol–water partition coefficient (Wildman–Crippen LogP) is -0.595. The van der Waals surface area contributed by atoms with Gasteiger partial charge in [-0.3, -0.25) is 34.3 Å². The molecule has 4 rings (SSSR count). The molecule has 1 aromatic carbocycles. The average molecular weight is 385 g/mol. The fraction of sp³-hybridized carbons (Fsp3) is 0.474. The zero-order chi connectivity index (χ0) is 19.7. The van der Waals surface area contributed by atoms with Crippen molar-refractivity contribution in [1.29, 1.82) is 0 Å². The number of rotatable bonds is 5. The second-order valence-corrected chi connectivity index (χ2v) is 7.19. The smallest absolute Gasteiger partial charge is 0.264 e. The lowest BCUT2D eigenvalue weighted by Crippen LogP contribution is -2.54. The van der Waals surface area contributed by atoms with Crippen LogP contribution in [-0.4, -0.2) is 78.7 Å². The van der Waals surface area contributed by atoms with E-state index >= 15 is 0 Å². The lowest BCUT2D eigenvalue weighted by atomic mass is 10.0. The van der Waals surface area contributed by atoms with E-state index in [-0.39, 0.29) is 18.7 Å². The summed E-state index contributed by atoms with van der Waals surface area (Å²) in [6, 6.07) is 4.16. The van der Waals surface area contributed by atoms with Crippen LogP contribution in [-0.2, 0) is 9.59 Å². The second-order valence-electron chi connectivity index (χ2n) is 7.19. The molecule has 2 fully saturated rings. The third kappa shape index (κ3) is 3.38. The minimum Gasteiger partial charge on any atom is -0.383 e. The molecule has 3 N–H and O–H groups in total. The summed E-state index contributed by atoms with van der Waals surface area (Å²) in [5.74, 6) is -1.95. The van der Waals surface area contributed by atoms with Gasteiger partial charge in [-0.15, -0.1) is 0 Å². The number of hydrogen-bond acceptors (Lipinski definition) is 7. The largest absolute Gasteiger partial charge is 0.383 e. The Balaban J connectivity index is 1.49. The Hall–Kier alpha value is -2.78. The summed E-state index contributed by atoms with van der Waals surface area (Å²) in [5.41, 5.74) is 1.19. The molecular formula is C19H23N5O4. The molecule has 0 spiro atoms. The third-order valence-corrected chi connectivity index (χ3v) is 5.42. The molecule has 0 radical (unpaired) electrons. The quantitative estimate of drug-likeness (QED) is 0.581. The third-order valence-electron chi connectivity index (χ3n) is 5.42. The molecule has 1 aromatic rings. The van der Waals surface area contributed by atoms with E-state index in [0.29, 0.717) is 23.4 Å². The van der Waals surface area contributed by atoms with Gasteiger partial charge in [-0.05, 0) is 18.6 Å². The van der Waals surface area contributed by atoms with Gasteiger partial charge in [0.25, 0.3) is 11.8 Å². The zero-order valence-corrected chi connectivity index (χ0v) is 15.5. The Kier molecular flexibility index (Phi) is 5.10. The van der Waals surface area contributed by atoms with Crippen molar-refractivity contribution in [1.82, 2.24) is 20.4 Å². The highest BCUT2D eigenvalue weighted by Gasteiger charge is 2.45. The van der Waals surface area contributed by atoms with Crippen LogP contribution in [0.5, 0.6) is 0 Å². The molecule has 9 heteroatoms. The van der Waals surface area contributed by atoms with Crippen molar-refractivity contribution in [3.63, 3.8) is 0 Å².